The number of nitrogens with two attached hydrogens (primary N) is 6. The normalized spacial score (nSPS) is 14.9. The second-order valence-electron chi connectivity index (χ2n) is 24.6. The SMILES string of the molecule is CC[C@H](C)[C@H](NC(=O)[C@H](CCCN=C(N)N)NC(=O)[C@H](CCCCN)NC(=O)[C@H](CC(C)C)NC(=O)[C@H](CC(C)C)NC(=O)CN)C(=O)N[C@@H](CCCCN)C(=O)N[C@@H](Cc1c[nH]c2ccccc12)C(=O)N[C@@H](CC(C)C)C(=O)N[C@@H](CC(C)C)C(N)=O. The number of amides is 10. The van der Waals surface area contributed by atoms with E-state index in [2.05, 4.69) is 57.8 Å². The summed E-state index contributed by atoms with van der Waals surface area (Å²) in [5.74, 6) is -7.93. The Morgan fingerprint density at radius 2 is 0.852 bits per heavy atom. The van der Waals surface area contributed by atoms with Crippen LogP contribution in [0.5, 0.6) is 0 Å². The van der Waals surface area contributed by atoms with Gasteiger partial charge in [0.15, 0.2) is 5.96 Å². The van der Waals surface area contributed by atoms with Gasteiger partial charge in [0, 0.05) is 30.1 Å². The Kier molecular flexibility index (Phi) is 35.1. The fraction of sp³-hybridized carbons (Fsp3) is 0.689. The number of H-pyrrole nitrogens is 1. The van der Waals surface area contributed by atoms with Crippen LogP contribution in [-0.4, -0.2) is 151 Å². The minimum absolute atomic E-state index is 0.00495. The van der Waals surface area contributed by atoms with Gasteiger partial charge in [-0.1, -0.05) is 93.9 Å². The van der Waals surface area contributed by atoms with E-state index in [1.807, 2.05) is 79.7 Å². The monoisotopic (exact) mass is 1240 g/mol. The largest absolute Gasteiger partial charge is 0.370 e. The first-order valence-electron chi connectivity index (χ1n) is 31.3. The Morgan fingerprint density at radius 3 is 1.30 bits per heavy atom. The number of hydrogen-bond acceptors (Lipinski definition) is 14. The van der Waals surface area contributed by atoms with Crippen molar-refractivity contribution in [2.75, 3.05) is 26.2 Å². The van der Waals surface area contributed by atoms with Crippen molar-refractivity contribution in [1.82, 2.24) is 52.8 Å². The number of carbonyl (C=O) groups excluding carboxylic acids is 10. The van der Waals surface area contributed by atoms with Gasteiger partial charge in [-0.05, 0) is 131 Å². The molecule has 0 saturated carbocycles. The number of hydrogen-bond donors (Lipinski definition) is 16. The summed E-state index contributed by atoms with van der Waals surface area (Å²) in [4.78, 5) is 147. The van der Waals surface area contributed by atoms with Crippen LogP contribution in [0.4, 0.5) is 0 Å². The van der Waals surface area contributed by atoms with Gasteiger partial charge >= 0.3 is 0 Å². The van der Waals surface area contributed by atoms with Gasteiger partial charge in [-0.3, -0.25) is 52.9 Å². The number of nitrogens with one attached hydrogen (secondary N) is 10. The van der Waals surface area contributed by atoms with Gasteiger partial charge in [-0.2, -0.15) is 0 Å². The quantitative estimate of drug-likeness (QED) is 0.0237. The molecule has 0 aliphatic carbocycles. The Bertz CT molecular complexity index is 2590. The fourth-order valence-electron chi connectivity index (χ4n) is 9.96. The number of unbranched alkanes of at least 4 members (excludes halogenated alkanes) is 2. The molecule has 0 fully saturated rings. The average molecular weight is 1240 g/mol. The van der Waals surface area contributed by atoms with Crippen LogP contribution in [0.2, 0.25) is 0 Å². The van der Waals surface area contributed by atoms with Crippen LogP contribution in [0.15, 0.2) is 35.5 Å². The summed E-state index contributed by atoms with van der Waals surface area (Å²) in [5.41, 5.74) is 35.6. The molecule has 27 nitrogen and oxygen atoms in total. The molecule has 496 valence electrons. The number of carbonyl (C=O) groups is 10. The first kappa shape index (κ1) is 76.7. The Balaban J connectivity index is 2.62. The highest BCUT2D eigenvalue weighted by molar-refractivity contribution is 5.99. The van der Waals surface area contributed by atoms with Crippen molar-refractivity contribution in [2.24, 2.45) is 69.0 Å². The van der Waals surface area contributed by atoms with E-state index < -0.39 is 119 Å². The van der Waals surface area contributed by atoms with Gasteiger partial charge in [0.25, 0.3) is 0 Å². The zero-order chi connectivity index (χ0) is 66.2. The lowest BCUT2D eigenvalue weighted by Gasteiger charge is -2.30. The van der Waals surface area contributed by atoms with E-state index >= 15 is 0 Å². The highest BCUT2D eigenvalue weighted by Crippen LogP contribution is 2.21. The minimum atomic E-state index is -1.34. The van der Waals surface area contributed by atoms with Gasteiger partial charge in [-0.15, -0.1) is 0 Å². The summed E-state index contributed by atoms with van der Waals surface area (Å²) in [6.07, 6.45) is 4.87. The second kappa shape index (κ2) is 40.2. The van der Waals surface area contributed by atoms with Crippen molar-refractivity contribution in [3.63, 3.8) is 0 Å². The van der Waals surface area contributed by atoms with Crippen LogP contribution >= 0.6 is 0 Å². The molecule has 10 amide bonds. The van der Waals surface area contributed by atoms with E-state index in [1.54, 1.807) is 20.0 Å². The van der Waals surface area contributed by atoms with Crippen LogP contribution in [0.3, 0.4) is 0 Å². The van der Waals surface area contributed by atoms with Gasteiger partial charge in [-0.25, -0.2) is 0 Å². The van der Waals surface area contributed by atoms with Gasteiger partial charge in [0.1, 0.15) is 54.4 Å². The number of aromatic nitrogens is 1. The molecule has 0 aliphatic rings. The minimum Gasteiger partial charge on any atom is -0.370 e. The van der Waals surface area contributed by atoms with Crippen molar-refractivity contribution >= 4 is 75.9 Å². The van der Waals surface area contributed by atoms with Crippen molar-refractivity contribution < 1.29 is 47.9 Å². The van der Waals surface area contributed by atoms with Crippen molar-refractivity contribution in [1.29, 1.82) is 0 Å². The number of guanidine groups is 1. The van der Waals surface area contributed by atoms with Gasteiger partial charge in [0.2, 0.25) is 59.1 Å². The number of primary amides is 1. The Morgan fingerprint density at radius 1 is 0.466 bits per heavy atom. The maximum Gasteiger partial charge on any atom is 0.243 e. The van der Waals surface area contributed by atoms with Crippen LogP contribution < -0.4 is 82.3 Å². The Hall–Kier alpha value is -7.39. The molecule has 22 N–H and O–H groups in total. The number of para-hydroxylation sites is 1. The Labute approximate surface area is 519 Å². The fourth-order valence-corrected chi connectivity index (χ4v) is 9.96. The van der Waals surface area contributed by atoms with Crippen LogP contribution in [0, 0.1) is 29.6 Å². The molecule has 0 radical (unpaired) electrons. The van der Waals surface area contributed by atoms with Crippen LogP contribution in [0.25, 0.3) is 10.9 Å². The molecule has 88 heavy (non-hydrogen) atoms. The topological polar surface area (TPSA) is 463 Å². The lowest BCUT2D eigenvalue weighted by atomic mass is 9.96. The first-order chi connectivity index (χ1) is 41.5. The number of benzene rings is 1. The molecule has 1 aromatic heterocycles. The lowest BCUT2D eigenvalue weighted by Crippen LogP contribution is -2.61. The van der Waals surface area contributed by atoms with Crippen molar-refractivity contribution in [3.8, 4) is 0 Å². The molecule has 0 bridgehead atoms. The lowest BCUT2D eigenvalue weighted by molar-refractivity contribution is -0.136. The zero-order valence-corrected chi connectivity index (χ0v) is 53.7. The molecule has 2 aromatic rings. The summed E-state index contributed by atoms with van der Waals surface area (Å²) in [6, 6.07) is -3.37. The predicted molar refractivity (Wildman–Crippen MR) is 341 cm³/mol. The van der Waals surface area contributed by atoms with E-state index in [0.29, 0.717) is 37.7 Å². The first-order valence-corrected chi connectivity index (χ1v) is 31.3. The molecule has 0 saturated heterocycles. The number of aromatic amines is 1. The highest BCUT2D eigenvalue weighted by atomic mass is 16.2. The third-order valence-electron chi connectivity index (χ3n) is 14.9. The average Bonchev–Trinajstić information content (AvgIpc) is 3.86. The molecule has 0 spiro atoms. The van der Waals surface area contributed by atoms with E-state index in [-0.39, 0.29) is 114 Å². The second-order valence-corrected chi connectivity index (χ2v) is 24.6. The number of rotatable bonds is 43. The van der Waals surface area contributed by atoms with Crippen LogP contribution in [0.1, 0.15) is 158 Å². The smallest absolute Gasteiger partial charge is 0.243 e. The van der Waals surface area contributed by atoms with Crippen LogP contribution in [-0.2, 0) is 54.4 Å². The van der Waals surface area contributed by atoms with E-state index in [1.165, 1.54) is 0 Å². The van der Waals surface area contributed by atoms with E-state index in [4.69, 9.17) is 34.4 Å². The molecule has 1 heterocycles. The molecule has 0 aliphatic heterocycles. The number of fused-ring (bicyclic) bond motifs is 1. The molecule has 10 atom stereocenters. The molecule has 27 heteroatoms. The third-order valence-corrected chi connectivity index (χ3v) is 14.9. The standard InChI is InChI=1S/C61H107N17O10/c1-11-38(10)51(78-55(83)44(23-18-26-68-61(66)67)71-53(81)42(21-14-16-24-62)72-57(85)47(29-36(6)7)75-56(84)46(28-35(4)5)70-50(79)32-64)60(88)73-43(22-15-17-25-63)54(82)77-49(31-39-33-69-41-20-13-12-19-40(39)41)59(87)76-48(30-37(8)9)58(86)74-45(52(65)80)27-34(2)3/h12-13,19-20,33-38,42-49,51,69H,11,14-18,21-32,62-64H2,1-10H3,(H2,65,80)(H,70,79)(H,71,81)(H,72,85)(H,73,88)(H,74,86)(H,75,84)(H,76,87)(H,77,82)(H,78,83)(H4,66,67,68)/t38-,42-,43-,44-,45-,46-,47-,48-,49-,51-/m0/s1. The predicted octanol–water partition coefficient (Wildman–Crippen LogP) is 0.0597. The maximum absolute atomic E-state index is 14.8. The van der Waals surface area contributed by atoms with Crippen molar-refractivity contribution in [3.05, 3.63) is 36.0 Å². The molecular weight excluding hydrogens is 1130 g/mol. The summed E-state index contributed by atoms with van der Waals surface area (Å²) in [5, 5.41) is 25.8. The van der Waals surface area contributed by atoms with Gasteiger partial charge in [0.05, 0.1) is 6.54 Å². The molecule has 1 aromatic carbocycles. The third kappa shape index (κ3) is 28.2. The molecule has 2 rings (SSSR count). The molecular formula is C61H107N17O10. The van der Waals surface area contributed by atoms with Gasteiger partial charge < -0.3 is 87.2 Å². The highest BCUT2D eigenvalue weighted by Gasteiger charge is 2.37. The number of nitrogens with zero attached hydrogens (tertiary/aromatic N) is 1. The van der Waals surface area contributed by atoms with Crippen molar-refractivity contribution in [2.45, 2.75) is 214 Å². The maximum atomic E-state index is 14.8. The summed E-state index contributed by atoms with van der Waals surface area (Å²) < 4.78 is 0. The van der Waals surface area contributed by atoms with E-state index in [9.17, 15) is 47.9 Å². The zero-order valence-electron chi connectivity index (χ0n) is 53.7. The summed E-state index contributed by atoms with van der Waals surface area (Å²) >= 11 is 0. The molecule has 0 unspecified atom stereocenters. The summed E-state index contributed by atoms with van der Waals surface area (Å²) in [7, 11) is 0. The summed E-state index contributed by atoms with van der Waals surface area (Å²) in [6.45, 7) is 18.7. The number of aliphatic imine (C=N–C) groups is 1. The van der Waals surface area contributed by atoms with E-state index in [0.717, 1.165) is 10.9 Å².